The number of hydrogen-bond donors (Lipinski definition) is 0. The number of benzene rings is 20. The van der Waals surface area contributed by atoms with Gasteiger partial charge in [0, 0.05) is 38.8 Å². The van der Waals surface area contributed by atoms with Crippen molar-refractivity contribution in [3.8, 4) is 101 Å². The van der Waals surface area contributed by atoms with E-state index >= 15 is 0 Å². The summed E-state index contributed by atoms with van der Waals surface area (Å²) in [6.45, 7) is 19.7. The summed E-state index contributed by atoms with van der Waals surface area (Å²) in [5.41, 5.74) is 41.5. The monoisotopic (exact) mass is 1770 g/mol. The predicted molar refractivity (Wildman–Crippen MR) is 573 cm³/mol. The maximum Gasteiger partial charge on any atom is 0.140 e. The molecule has 0 amide bonds. The fourth-order valence-corrected chi connectivity index (χ4v) is 22.9. The minimum Gasteiger partial charge on any atom is -0.457 e. The molecule has 3 spiro atoms. The third kappa shape index (κ3) is 15.4. The van der Waals surface area contributed by atoms with Gasteiger partial charge >= 0.3 is 0 Å². The molecule has 0 atom stereocenters. The van der Waals surface area contributed by atoms with Crippen molar-refractivity contribution in [3.63, 3.8) is 0 Å². The SMILES string of the molecule is CCc1cc(C)cc(CC)c1.CCc1cc(C)cc(CC)c1.CCc1cc(C)cc(CC)c1.c1ccc2c(c1)Oc1c(ccc3ccccc13)C21c2ccccc2-c2ccccc2-c2ccccc21.c1ccc2c(c1)Oc1cc3ccccc3cc1C21c2ccccc2-c2ccccc2-c2ccccc21.c1ccc2c(c1)Oc1ccccc1C21c2ccccc2-c2ccccc2-c2ccccc21. The first kappa shape index (κ1) is 87.9. The van der Waals surface area contributed by atoms with Gasteiger partial charge in [-0.05, 0) is 245 Å². The van der Waals surface area contributed by atoms with Gasteiger partial charge in [0.1, 0.15) is 34.5 Å². The lowest BCUT2D eigenvalue weighted by Crippen LogP contribution is -2.34. The van der Waals surface area contributed by atoms with Crippen molar-refractivity contribution in [1.29, 1.82) is 0 Å². The van der Waals surface area contributed by atoms with E-state index in [4.69, 9.17) is 14.2 Å². The second-order valence-corrected chi connectivity index (χ2v) is 36.9. The third-order valence-electron chi connectivity index (χ3n) is 28.9. The van der Waals surface area contributed by atoms with E-state index in [-0.39, 0.29) is 0 Å². The lowest BCUT2D eigenvalue weighted by atomic mass is 9.62. The number of ether oxygens (including phenoxy) is 3. The minimum atomic E-state index is -0.527. The lowest BCUT2D eigenvalue weighted by Gasteiger charge is -2.42. The number of hydrogen-bond acceptors (Lipinski definition) is 3. The maximum atomic E-state index is 6.77. The Hall–Kier alpha value is -15.7. The van der Waals surface area contributed by atoms with Crippen molar-refractivity contribution in [2.24, 2.45) is 0 Å². The van der Waals surface area contributed by atoms with E-state index in [9.17, 15) is 0 Å². The summed E-state index contributed by atoms with van der Waals surface area (Å²) in [4.78, 5) is 0. The van der Waals surface area contributed by atoms with Gasteiger partial charge in [0.2, 0.25) is 0 Å². The van der Waals surface area contributed by atoms with Gasteiger partial charge in [0.25, 0.3) is 0 Å². The van der Waals surface area contributed by atoms with Crippen LogP contribution in [0.15, 0.2) is 443 Å². The molecule has 666 valence electrons. The van der Waals surface area contributed by atoms with Crippen LogP contribution in [0.2, 0.25) is 0 Å². The zero-order chi connectivity index (χ0) is 93.3. The van der Waals surface area contributed by atoms with Crippen LogP contribution in [0.3, 0.4) is 0 Å². The average Bonchev–Trinajstić information content (AvgIpc) is 1.64. The molecule has 20 aromatic rings. The number of aryl methyl sites for hydroxylation is 9. The fourth-order valence-electron chi connectivity index (χ4n) is 22.9. The molecule has 26 rings (SSSR count). The Balaban J connectivity index is 0.000000105. The number of rotatable bonds is 6. The highest BCUT2D eigenvalue weighted by atomic mass is 16.5. The summed E-state index contributed by atoms with van der Waals surface area (Å²) in [6.07, 6.45) is 6.88. The lowest BCUT2D eigenvalue weighted by molar-refractivity contribution is 0.435. The van der Waals surface area contributed by atoms with Crippen LogP contribution in [0.5, 0.6) is 34.5 Å². The largest absolute Gasteiger partial charge is 0.457 e. The molecule has 0 unspecified atom stereocenters. The van der Waals surface area contributed by atoms with E-state index in [2.05, 4.69) is 505 Å². The first-order valence-electron chi connectivity index (χ1n) is 49.0. The van der Waals surface area contributed by atoms with Crippen molar-refractivity contribution < 1.29 is 14.2 Å². The second-order valence-electron chi connectivity index (χ2n) is 36.9. The van der Waals surface area contributed by atoms with E-state index < -0.39 is 16.2 Å². The topological polar surface area (TPSA) is 27.7 Å². The summed E-state index contributed by atoms with van der Waals surface area (Å²) >= 11 is 0. The molecule has 0 radical (unpaired) electrons. The molecule has 3 heterocycles. The standard InChI is InChI=1S/2C35H22O.C31H20O.3C11H16/c1-2-12-24-22-34-32(21-23(24)11-1)35(31-19-9-10-20-33(31)36-34)29-17-7-5-15-27(29)25-13-3-4-14-26(25)28-16-6-8-18-30(28)35;1-2-12-24-23(11-1)21-22-32-34(24)36-33-20-10-9-19-31(33)35(32)29-17-7-5-15-27(29)25-13-3-4-14-26(25)28-16-6-8-18-30(28)35;1-2-12-22-21(11-1)23-13-3-5-15-25(23)31(26-16-6-4-14-24(22)26)27-17-7-9-19-29(27)32-30-20-10-8-18-28(30)31;3*1-4-10-6-9(3)7-11(5-2)8-10/h2*1-22H;1-20H;3*6-8H,4-5H2,1-3H3. The van der Waals surface area contributed by atoms with E-state index in [0.29, 0.717) is 0 Å². The molecule has 20 aromatic carbocycles. The molecule has 3 aliphatic heterocycles. The number of fused-ring (bicyclic) bond motifs is 36. The first-order chi connectivity index (χ1) is 67.4. The molecular weight excluding hydrogens is 1660 g/mol. The molecule has 0 saturated heterocycles. The van der Waals surface area contributed by atoms with Crippen molar-refractivity contribution in [3.05, 3.63) is 560 Å². The molecular formula is C134H112O3. The molecule has 0 fully saturated rings. The van der Waals surface area contributed by atoms with Crippen LogP contribution in [0, 0.1) is 20.8 Å². The van der Waals surface area contributed by atoms with E-state index in [1.165, 1.54) is 200 Å². The Labute approximate surface area is 808 Å². The fraction of sp³-hybridized carbons (Fsp3) is 0.134. The summed E-state index contributed by atoms with van der Waals surface area (Å²) < 4.78 is 19.9. The van der Waals surface area contributed by atoms with Crippen LogP contribution in [-0.2, 0) is 54.8 Å². The van der Waals surface area contributed by atoms with Gasteiger partial charge < -0.3 is 14.2 Å². The van der Waals surface area contributed by atoms with Gasteiger partial charge in [0.05, 0.1) is 16.2 Å². The molecule has 0 N–H and O–H groups in total. The first-order valence-corrected chi connectivity index (χ1v) is 49.0. The summed E-state index contributed by atoms with van der Waals surface area (Å²) in [6, 6.07) is 161. The average molecular weight is 1770 g/mol. The third-order valence-corrected chi connectivity index (χ3v) is 28.9. The van der Waals surface area contributed by atoms with E-state index in [0.717, 1.165) is 78.4 Å². The summed E-state index contributed by atoms with van der Waals surface area (Å²) in [5, 5.41) is 4.73. The molecule has 0 aromatic heterocycles. The van der Waals surface area contributed by atoms with Gasteiger partial charge in [-0.15, -0.1) is 0 Å². The van der Waals surface area contributed by atoms with Crippen molar-refractivity contribution in [2.45, 2.75) is 117 Å². The van der Waals surface area contributed by atoms with Crippen LogP contribution in [0.25, 0.3) is 88.3 Å². The van der Waals surface area contributed by atoms with Gasteiger partial charge in [-0.25, -0.2) is 0 Å². The van der Waals surface area contributed by atoms with Crippen LogP contribution in [0.1, 0.15) is 158 Å². The Morgan fingerprint density at radius 1 is 0.161 bits per heavy atom. The van der Waals surface area contributed by atoms with Crippen LogP contribution >= 0.6 is 0 Å². The molecule has 0 bridgehead atoms. The highest BCUT2D eigenvalue weighted by Crippen LogP contribution is 2.66. The zero-order valence-electron chi connectivity index (χ0n) is 79.6. The van der Waals surface area contributed by atoms with Crippen molar-refractivity contribution in [1.82, 2.24) is 0 Å². The number of para-hydroxylation sites is 4. The van der Waals surface area contributed by atoms with Gasteiger partial charge in [0.15, 0.2) is 0 Å². The van der Waals surface area contributed by atoms with Gasteiger partial charge in [-0.1, -0.05) is 465 Å². The molecule has 137 heavy (non-hydrogen) atoms. The van der Waals surface area contributed by atoms with Crippen LogP contribution < -0.4 is 14.2 Å². The second kappa shape index (κ2) is 37.6. The normalized spacial score (nSPS) is 13.1. The zero-order valence-corrected chi connectivity index (χ0v) is 79.6. The van der Waals surface area contributed by atoms with Gasteiger partial charge in [-0.2, -0.15) is 0 Å². The molecule has 6 aliphatic rings. The Morgan fingerprint density at radius 3 is 0.679 bits per heavy atom. The van der Waals surface area contributed by atoms with E-state index in [1.54, 1.807) is 0 Å². The highest BCUT2D eigenvalue weighted by Gasteiger charge is 2.53. The molecule has 3 aliphatic carbocycles. The Morgan fingerprint density at radius 2 is 0.380 bits per heavy atom. The van der Waals surface area contributed by atoms with Gasteiger partial charge in [-0.3, -0.25) is 0 Å². The predicted octanol–water partition coefficient (Wildman–Crippen LogP) is 35.1. The van der Waals surface area contributed by atoms with E-state index in [1.807, 2.05) is 0 Å². The van der Waals surface area contributed by atoms with Crippen molar-refractivity contribution in [2.75, 3.05) is 0 Å². The van der Waals surface area contributed by atoms with Crippen molar-refractivity contribution >= 4 is 21.5 Å². The highest BCUT2D eigenvalue weighted by molar-refractivity contribution is 6.00. The quantitative estimate of drug-likeness (QED) is 0.166. The summed E-state index contributed by atoms with van der Waals surface area (Å²) in [5.74, 6) is 5.53. The smallest absolute Gasteiger partial charge is 0.140 e. The minimum absolute atomic E-state index is 0.475. The molecule has 3 heteroatoms. The maximum absolute atomic E-state index is 6.77. The van der Waals surface area contributed by atoms with Crippen LogP contribution in [-0.4, -0.2) is 0 Å². The molecule has 3 nitrogen and oxygen atoms in total. The Bertz CT molecular complexity index is 7370. The Kier molecular flexibility index (Phi) is 24.2. The summed E-state index contributed by atoms with van der Waals surface area (Å²) in [7, 11) is 0. The van der Waals surface area contributed by atoms with Crippen LogP contribution in [0.4, 0.5) is 0 Å². The molecule has 0 saturated carbocycles.